The van der Waals surface area contributed by atoms with E-state index in [-0.39, 0.29) is 6.10 Å². The van der Waals surface area contributed by atoms with Gasteiger partial charge in [-0.1, -0.05) is 100 Å². The Bertz CT molecular complexity index is 1210. The average molecular weight is 542 g/mol. The number of hydrogen-bond donors (Lipinski definition) is 1. The molecule has 1 N–H and O–H groups in total. The molecule has 0 bridgehead atoms. The summed E-state index contributed by atoms with van der Waals surface area (Å²) in [6.07, 6.45) is 3.49. The zero-order valence-electron chi connectivity index (χ0n) is 24.9. The van der Waals surface area contributed by atoms with Crippen LogP contribution >= 0.6 is 0 Å². The van der Waals surface area contributed by atoms with Crippen LogP contribution in [-0.4, -0.2) is 21.5 Å². The lowest BCUT2D eigenvalue weighted by atomic mass is 9.78. The van der Waals surface area contributed by atoms with Gasteiger partial charge in [0.25, 0.3) is 0 Å². The van der Waals surface area contributed by atoms with Gasteiger partial charge < -0.3 is 14.5 Å². The average Bonchev–Trinajstić information content (AvgIpc) is 3.30. The van der Waals surface area contributed by atoms with Crippen LogP contribution in [-0.2, 0) is 10.8 Å². The summed E-state index contributed by atoms with van der Waals surface area (Å²) in [5.41, 5.74) is 8.28. The number of hydrogen-bond acceptors (Lipinski definition) is 3. The van der Waals surface area contributed by atoms with E-state index < -0.39 is 8.32 Å². The Kier molecular flexibility index (Phi) is 8.37. The van der Waals surface area contributed by atoms with Crippen molar-refractivity contribution in [3.63, 3.8) is 0 Å². The van der Waals surface area contributed by atoms with Crippen molar-refractivity contribution in [1.82, 2.24) is 5.32 Å². The van der Waals surface area contributed by atoms with Crippen LogP contribution in [0.2, 0.25) is 16.6 Å². The molecule has 0 radical (unpaired) electrons. The number of benzene rings is 3. The minimum Gasteiger partial charge on any atom is -0.496 e. The summed E-state index contributed by atoms with van der Waals surface area (Å²) in [7, 11) is -0.368. The standard InChI is InChI=1S/C35H47NO2Si/c1-23(2)39(24(3)4)35-30(34(38-39)28-16-12-9-13-17-28)22-32(29-20-25(5)33(37-7)26(6)21-29)36-31(35)19-18-27-14-10-8-11-15-27/h8-17,20-21,23-24,30-32,34-36H,18-19,22H2,1-7H3. The number of ether oxygens (including phenoxy) is 1. The number of methoxy groups -OCH3 is 1. The summed E-state index contributed by atoms with van der Waals surface area (Å²) >= 11 is 0. The molecule has 2 aliphatic heterocycles. The number of nitrogens with one attached hydrogen (secondary N) is 1. The minimum atomic E-state index is -2.15. The van der Waals surface area contributed by atoms with Crippen LogP contribution in [0.25, 0.3) is 0 Å². The molecule has 3 aromatic carbocycles. The molecule has 39 heavy (non-hydrogen) atoms. The summed E-state index contributed by atoms with van der Waals surface area (Å²) < 4.78 is 13.3. The van der Waals surface area contributed by atoms with Crippen molar-refractivity contribution in [3.8, 4) is 5.75 Å². The third-order valence-corrected chi connectivity index (χ3v) is 15.8. The molecule has 2 fully saturated rings. The van der Waals surface area contributed by atoms with E-state index in [9.17, 15) is 0 Å². The molecule has 3 nitrogen and oxygen atoms in total. The Morgan fingerprint density at radius 2 is 1.46 bits per heavy atom. The maximum Gasteiger partial charge on any atom is 0.203 e. The van der Waals surface area contributed by atoms with Crippen molar-refractivity contribution in [3.05, 3.63) is 101 Å². The number of piperidine rings is 1. The molecule has 3 aromatic rings. The van der Waals surface area contributed by atoms with Gasteiger partial charge >= 0.3 is 0 Å². The first-order valence-corrected chi connectivity index (χ1v) is 17.1. The van der Waals surface area contributed by atoms with E-state index in [1.165, 1.54) is 27.8 Å². The largest absolute Gasteiger partial charge is 0.496 e. The molecule has 2 saturated heterocycles. The smallest absolute Gasteiger partial charge is 0.203 e. The summed E-state index contributed by atoms with van der Waals surface area (Å²) in [6.45, 7) is 14.1. The topological polar surface area (TPSA) is 30.5 Å². The Labute approximate surface area is 237 Å². The third-order valence-electron chi connectivity index (χ3n) is 9.67. The quantitative estimate of drug-likeness (QED) is 0.289. The van der Waals surface area contributed by atoms with Crippen LogP contribution in [0, 0.1) is 19.8 Å². The zero-order valence-corrected chi connectivity index (χ0v) is 25.9. The van der Waals surface area contributed by atoms with Gasteiger partial charge in [-0.25, -0.2) is 0 Å². The first-order chi connectivity index (χ1) is 18.8. The highest BCUT2D eigenvalue weighted by Gasteiger charge is 2.63. The maximum atomic E-state index is 7.53. The molecular formula is C35H47NO2Si. The van der Waals surface area contributed by atoms with Crippen molar-refractivity contribution in [2.75, 3.05) is 7.11 Å². The molecule has 4 heteroatoms. The van der Waals surface area contributed by atoms with E-state index in [2.05, 4.69) is 120 Å². The van der Waals surface area contributed by atoms with Crippen molar-refractivity contribution >= 4 is 8.32 Å². The van der Waals surface area contributed by atoms with Crippen LogP contribution in [0.3, 0.4) is 0 Å². The number of aryl methyl sites for hydroxylation is 3. The van der Waals surface area contributed by atoms with E-state index in [0.717, 1.165) is 25.0 Å². The van der Waals surface area contributed by atoms with E-state index >= 15 is 0 Å². The van der Waals surface area contributed by atoms with Gasteiger partial charge in [0.15, 0.2) is 0 Å². The highest BCUT2D eigenvalue weighted by atomic mass is 28.4. The molecule has 5 rings (SSSR count). The molecule has 5 unspecified atom stereocenters. The van der Waals surface area contributed by atoms with Crippen LogP contribution in [0.15, 0.2) is 72.8 Å². The van der Waals surface area contributed by atoms with Gasteiger partial charge in [0.05, 0.1) is 13.2 Å². The van der Waals surface area contributed by atoms with E-state index in [1.54, 1.807) is 7.11 Å². The second-order valence-corrected chi connectivity index (χ2v) is 17.5. The van der Waals surface area contributed by atoms with Gasteiger partial charge in [-0.2, -0.15) is 0 Å². The monoisotopic (exact) mass is 541 g/mol. The zero-order chi connectivity index (χ0) is 27.7. The molecule has 0 aliphatic carbocycles. The highest BCUT2D eigenvalue weighted by Crippen LogP contribution is 2.63. The Hall–Kier alpha value is -2.40. The second-order valence-electron chi connectivity index (χ2n) is 12.6. The van der Waals surface area contributed by atoms with Gasteiger partial charge in [-0.3, -0.25) is 0 Å². The lowest BCUT2D eigenvalue weighted by Gasteiger charge is -2.48. The number of rotatable bonds is 8. The van der Waals surface area contributed by atoms with Crippen molar-refractivity contribution in [1.29, 1.82) is 0 Å². The molecule has 0 aromatic heterocycles. The molecule has 0 amide bonds. The summed E-state index contributed by atoms with van der Waals surface area (Å²) in [6, 6.07) is 27.5. The first kappa shape index (κ1) is 28.1. The Morgan fingerprint density at radius 1 is 0.872 bits per heavy atom. The van der Waals surface area contributed by atoms with Gasteiger partial charge in [-0.15, -0.1) is 0 Å². The summed E-state index contributed by atoms with van der Waals surface area (Å²) in [5.74, 6) is 1.50. The van der Waals surface area contributed by atoms with Gasteiger partial charge in [-0.05, 0) is 83.5 Å². The fraction of sp³-hybridized carbons (Fsp3) is 0.486. The third kappa shape index (κ3) is 5.24. The van der Waals surface area contributed by atoms with Crippen LogP contribution in [0.1, 0.15) is 80.5 Å². The highest BCUT2D eigenvalue weighted by molar-refractivity contribution is 6.78. The molecule has 0 saturated carbocycles. The number of fused-ring (bicyclic) bond motifs is 1. The van der Waals surface area contributed by atoms with Crippen molar-refractivity contribution in [2.45, 2.75) is 95.6 Å². The maximum absolute atomic E-state index is 7.53. The van der Waals surface area contributed by atoms with Crippen molar-refractivity contribution < 1.29 is 9.16 Å². The van der Waals surface area contributed by atoms with Crippen LogP contribution < -0.4 is 10.1 Å². The van der Waals surface area contributed by atoms with Crippen LogP contribution in [0.4, 0.5) is 0 Å². The lowest BCUT2D eigenvalue weighted by Crippen LogP contribution is -2.56. The fourth-order valence-electron chi connectivity index (χ4n) is 8.13. The van der Waals surface area contributed by atoms with Gasteiger partial charge in [0.1, 0.15) is 5.75 Å². The fourth-order valence-corrected chi connectivity index (χ4v) is 14.3. The molecule has 208 valence electrons. The van der Waals surface area contributed by atoms with Gasteiger partial charge in [0, 0.05) is 12.1 Å². The predicted octanol–water partition coefficient (Wildman–Crippen LogP) is 8.87. The summed E-state index contributed by atoms with van der Waals surface area (Å²) in [4.78, 5) is 0. The lowest BCUT2D eigenvalue weighted by molar-refractivity contribution is 0.132. The Morgan fingerprint density at radius 3 is 2.03 bits per heavy atom. The van der Waals surface area contributed by atoms with E-state index in [1.807, 2.05) is 0 Å². The normalized spacial score (nSPS) is 26.1. The molecule has 5 atom stereocenters. The minimum absolute atomic E-state index is 0.164. The van der Waals surface area contributed by atoms with Gasteiger partial charge in [0.2, 0.25) is 8.32 Å². The predicted molar refractivity (Wildman–Crippen MR) is 165 cm³/mol. The molecule has 0 spiro atoms. The second kappa shape index (κ2) is 11.6. The molecular weight excluding hydrogens is 494 g/mol. The SMILES string of the molecule is COc1c(C)cc(C2CC3C(c4ccccc4)O[Si](C(C)C)(C(C)C)C3C(CCc3ccccc3)N2)cc1C. The summed E-state index contributed by atoms with van der Waals surface area (Å²) in [5, 5.41) is 4.25. The Balaban J connectivity index is 1.59. The van der Waals surface area contributed by atoms with E-state index in [4.69, 9.17) is 9.16 Å². The van der Waals surface area contributed by atoms with E-state index in [0.29, 0.717) is 34.6 Å². The van der Waals surface area contributed by atoms with Crippen LogP contribution in [0.5, 0.6) is 5.75 Å². The molecule has 2 aliphatic rings. The van der Waals surface area contributed by atoms with Crippen molar-refractivity contribution in [2.24, 2.45) is 5.92 Å². The molecule has 2 heterocycles. The first-order valence-electron chi connectivity index (χ1n) is 14.9.